The third-order valence-corrected chi connectivity index (χ3v) is 5.84. The summed E-state index contributed by atoms with van der Waals surface area (Å²) in [6.45, 7) is 5.55. The van der Waals surface area contributed by atoms with Crippen LogP contribution in [0.3, 0.4) is 0 Å². The number of carbonyl (C=O) groups is 2. The van der Waals surface area contributed by atoms with Gasteiger partial charge in [0.1, 0.15) is 6.04 Å². The Morgan fingerprint density at radius 2 is 1.77 bits per heavy atom. The number of carbonyl (C=O) groups excluding carboxylic acids is 2. The van der Waals surface area contributed by atoms with Crippen molar-refractivity contribution < 1.29 is 14.1 Å². The monoisotopic (exact) mass is 417 g/mol. The van der Waals surface area contributed by atoms with Gasteiger partial charge in [-0.05, 0) is 49.4 Å². The summed E-state index contributed by atoms with van der Waals surface area (Å²) in [6.07, 6.45) is 2.44. The van der Waals surface area contributed by atoms with Crippen LogP contribution >= 0.6 is 0 Å². The van der Waals surface area contributed by atoms with Crippen molar-refractivity contribution in [2.45, 2.75) is 39.2 Å². The van der Waals surface area contributed by atoms with E-state index >= 15 is 0 Å². The molecule has 6 nitrogen and oxygen atoms in total. The molecule has 31 heavy (non-hydrogen) atoms. The van der Waals surface area contributed by atoms with Crippen molar-refractivity contribution in [3.63, 3.8) is 0 Å². The van der Waals surface area contributed by atoms with E-state index in [9.17, 15) is 9.59 Å². The van der Waals surface area contributed by atoms with Crippen LogP contribution in [0.1, 0.15) is 40.0 Å². The Bertz CT molecular complexity index is 1070. The lowest BCUT2D eigenvalue weighted by atomic mass is 10.0. The molecule has 0 spiro atoms. The van der Waals surface area contributed by atoms with Crippen LogP contribution in [0.2, 0.25) is 0 Å². The van der Waals surface area contributed by atoms with Crippen LogP contribution in [0.4, 0.5) is 0 Å². The van der Waals surface area contributed by atoms with Gasteiger partial charge in [0.25, 0.3) is 5.91 Å². The first-order chi connectivity index (χ1) is 15.0. The molecule has 1 N–H and O–H groups in total. The third kappa shape index (κ3) is 4.85. The molecule has 0 radical (unpaired) electrons. The van der Waals surface area contributed by atoms with Gasteiger partial charge < -0.3 is 14.7 Å². The fraction of sp³-hybridized carbons (Fsp3) is 0.320. The third-order valence-electron chi connectivity index (χ3n) is 5.84. The predicted octanol–water partition coefficient (Wildman–Crippen LogP) is 3.92. The van der Waals surface area contributed by atoms with Gasteiger partial charge in [-0.25, -0.2) is 0 Å². The van der Waals surface area contributed by atoms with Crippen molar-refractivity contribution in [1.29, 1.82) is 0 Å². The van der Waals surface area contributed by atoms with Gasteiger partial charge in [0, 0.05) is 31.1 Å². The lowest BCUT2D eigenvalue weighted by Gasteiger charge is -2.24. The van der Waals surface area contributed by atoms with Crippen molar-refractivity contribution in [3.05, 3.63) is 77.0 Å². The van der Waals surface area contributed by atoms with Crippen LogP contribution < -0.4 is 5.32 Å². The number of hydrogen-bond donors (Lipinski definition) is 1. The zero-order chi connectivity index (χ0) is 21.8. The fourth-order valence-electron chi connectivity index (χ4n) is 3.85. The van der Waals surface area contributed by atoms with Gasteiger partial charge in [0.05, 0.1) is 0 Å². The smallest absolute Gasteiger partial charge is 0.274 e. The largest absolute Gasteiger partial charge is 0.355 e. The van der Waals surface area contributed by atoms with Crippen molar-refractivity contribution in [2.75, 3.05) is 13.1 Å². The van der Waals surface area contributed by atoms with Crippen molar-refractivity contribution in [1.82, 2.24) is 15.4 Å². The molecule has 3 aromatic rings. The Morgan fingerprint density at radius 3 is 2.48 bits per heavy atom. The van der Waals surface area contributed by atoms with Crippen molar-refractivity contribution in [2.24, 2.45) is 0 Å². The first-order valence-electron chi connectivity index (χ1n) is 10.7. The van der Waals surface area contributed by atoms with Crippen LogP contribution in [0.25, 0.3) is 11.3 Å². The highest BCUT2D eigenvalue weighted by Gasteiger charge is 2.29. The molecule has 1 fully saturated rings. The molecule has 2 aromatic carbocycles. The molecule has 0 unspecified atom stereocenters. The van der Waals surface area contributed by atoms with Gasteiger partial charge in [-0.3, -0.25) is 9.59 Å². The summed E-state index contributed by atoms with van der Waals surface area (Å²) in [7, 11) is 0. The normalized spacial score (nSPS) is 14.5. The number of aromatic nitrogens is 1. The maximum absolute atomic E-state index is 13.1. The molecule has 0 bridgehead atoms. The minimum absolute atomic E-state index is 0.0485. The minimum Gasteiger partial charge on any atom is -0.355 e. The zero-order valence-corrected chi connectivity index (χ0v) is 17.9. The molecule has 1 aromatic heterocycles. The molecule has 1 aliphatic heterocycles. The number of aryl methyl sites for hydroxylation is 2. The number of benzene rings is 2. The van der Waals surface area contributed by atoms with E-state index in [0.717, 1.165) is 42.6 Å². The average Bonchev–Trinajstić information content (AvgIpc) is 3.48. The summed E-state index contributed by atoms with van der Waals surface area (Å²) in [6, 6.07) is 16.7. The van der Waals surface area contributed by atoms with E-state index in [-0.39, 0.29) is 11.6 Å². The molecule has 0 aliphatic carbocycles. The van der Waals surface area contributed by atoms with Gasteiger partial charge in [-0.2, -0.15) is 0 Å². The molecular formula is C25H27N3O3. The van der Waals surface area contributed by atoms with E-state index in [0.29, 0.717) is 12.2 Å². The fourth-order valence-corrected chi connectivity index (χ4v) is 3.85. The van der Waals surface area contributed by atoms with E-state index < -0.39 is 11.9 Å². The molecular weight excluding hydrogens is 390 g/mol. The summed E-state index contributed by atoms with van der Waals surface area (Å²) < 4.78 is 5.42. The van der Waals surface area contributed by atoms with Crippen LogP contribution in [0.5, 0.6) is 0 Å². The van der Waals surface area contributed by atoms with Crippen LogP contribution in [0.15, 0.2) is 59.1 Å². The molecule has 1 atom stereocenters. The van der Waals surface area contributed by atoms with Crippen LogP contribution in [-0.4, -0.2) is 41.0 Å². The van der Waals surface area contributed by atoms with Gasteiger partial charge in [0.15, 0.2) is 11.5 Å². The second kappa shape index (κ2) is 9.16. The summed E-state index contributed by atoms with van der Waals surface area (Å²) in [5, 5.41) is 6.84. The molecule has 6 heteroatoms. The quantitative estimate of drug-likeness (QED) is 0.660. The lowest BCUT2D eigenvalue weighted by molar-refractivity contribution is -0.132. The van der Waals surface area contributed by atoms with E-state index in [1.54, 1.807) is 6.07 Å². The minimum atomic E-state index is -0.644. The molecule has 0 saturated carbocycles. The van der Waals surface area contributed by atoms with Crippen molar-refractivity contribution in [3.8, 4) is 11.3 Å². The van der Waals surface area contributed by atoms with Gasteiger partial charge >= 0.3 is 0 Å². The molecule has 4 rings (SSSR count). The number of hydrogen-bond acceptors (Lipinski definition) is 4. The standard InChI is InChI=1S/C25H27N3O3/c1-17-10-11-20(14-18(17)2)23-16-21(27-31-23)24(29)26-22(15-19-8-4-3-5-9-19)25(30)28-12-6-7-13-28/h3-5,8-11,14,16,22H,6-7,12-13,15H2,1-2H3,(H,26,29)/t22-/m0/s1. The van der Waals surface area contributed by atoms with E-state index in [1.165, 1.54) is 5.56 Å². The Labute approximate surface area is 182 Å². The SMILES string of the molecule is Cc1ccc(-c2cc(C(=O)N[C@@H](Cc3ccccc3)C(=O)N3CCCC3)no2)cc1C. The van der Waals surface area contributed by atoms with Crippen molar-refractivity contribution >= 4 is 11.8 Å². The zero-order valence-electron chi connectivity index (χ0n) is 17.9. The van der Waals surface area contributed by atoms with Crippen LogP contribution in [0, 0.1) is 13.8 Å². The van der Waals surface area contributed by atoms with Gasteiger partial charge in [-0.1, -0.05) is 47.6 Å². The summed E-state index contributed by atoms with van der Waals surface area (Å²) >= 11 is 0. The topological polar surface area (TPSA) is 75.4 Å². The Hall–Kier alpha value is -3.41. The lowest BCUT2D eigenvalue weighted by Crippen LogP contribution is -2.49. The first-order valence-corrected chi connectivity index (χ1v) is 10.7. The first kappa shape index (κ1) is 20.8. The molecule has 2 amide bonds. The second-order valence-corrected chi connectivity index (χ2v) is 8.12. The number of rotatable bonds is 6. The summed E-state index contributed by atoms with van der Waals surface area (Å²) in [5.41, 5.74) is 4.35. The van der Waals surface area contributed by atoms with E-state index in [4.69, 9.17) is 4.52 Å². The highest BCUT2D eigenvalue weighted by molar-refractivity contribution is 5.96. The molecule has 2 heterocycles. The highest BCUT2D eigenvalue weighted by Crippen LogP contribution is 2.23. The average molecular weight is 418 g/mol. The maximum atomic E-state index is 13.1. The highest BCUT2D eigenvalue weighted by atomic mass is 16.5. The van der Waals surface area contributed by atoms with E-state index in [1.807, 2.05) is 67.3 Å². The summed E-state index contributed by atoms with van der Waals surface area (Å²) in [4.78, 5) is 27.8. The maximum Gasteiger partial charge on any atom is 0.274 e. The number of amides is 2. The Morgan fingerprint density at radius 1 is 1.03 bits per heavy atom. The Kier molecular flexibility index (Phi) is 6.16. The van der Waals surface area contributed by atoms with Gasteiger partial charge in [-0.15, -0.1) is 0 Å². The number of likely N-dealkylation sites (tertiary alicyclic amines) is 1. The number of nitrogens with one attached hydrogen (secondary N) is 1. The predicted molar refractivity (Wildman–Crippen MR) is 119 cm³/mol. The Balaban J connectivity index is 1.52. The number of nitrogens with zero attached hydrogens (tertiary/aromatic N) is 2. The second-order valence-electron chi connectivity index (χ2n) is 8.12. The van der Waals surface area contributed by atoms with Gasteiger partial charge in [0.2, 0.25) is 5.91 Å². The molecule has 1 saturated heterocycles. The van der Waals surface area contributed by atoms with E-state index in [2.05, 4.69) is 10.5 Å². The van der Waals surface area contributed by atoms with Crippen LogP contribution in [-0.2, 0) is 11.2 Å². The summed E-state index contributed by atoms with van der Waals surface area (Å²) in [5.74, 6) is 0.0682. The molecule has 1 aliphatic rings. The molecule has 160 valence electrons.